The first-order valence-corrected chi connectivity index (χ1v) is 14.7. The van der Waals surface area contributed by atoms with E-state index >= 15 is 0 Å². The number of hydrogen-bond acceptors (Lipinski definition) is 4. The number of hydrazine groups is 1. The Morgan fingerprint density at radius 2 is 1.39 bits per heavy atom. The monoisotopic (exact) mass is 508 g/mol. The molecule has 2 saturated heterocycles. The summed E-state index contributed by atoms with van der Waals surface area (Å²) in [7, 11) is 0. The summed E-state index contributed by atoms with van der Waals surface area (Å²) in [4.78, 5) is 0. The molecule has 0 N–H and O–H groups in total. The first-order chi connectivity index (χ1) is 18.8. The van der Waals surface area contributed by atoms with E-state index in [0.717, 1.165) is 19.4 Å². The van der Waals surface area contributed by atoms with E-state index in [-0.39, 0.29) is 11.5 Å². The number of rotatable bonds is 11. The van der Waals surface area contributed by atoms with Crippen LogP contribution in [-0.4, -0.2) is 40.9 Å². The van der Waals surface area contributed by atoms with Crippen LogP contribution < -0.4 is 0 Å². The average Bonchev–Trinajstić information content (AvgIpc) is 3.34. The topological polar surface area (TPSA) is 24.9 Å². The fourth-order valence-corrected chi connectivity index (χ4v) is 8.19. The molecule has 0 radical (unpaired) electrons. The van der Waals surface area contributed by atoms with Gasteiger partial charge in [0.15, 0.2) is 0 Å². The summed E-state index contributed by atoms with van der Waals surface area (Å²) in [5.74, 6) is 0.524. The molecule has 3 aromatic rings. The van der Waals surface area contributed by atoms with Gasteiger partial charge in [-0.15, -0.1) is 0 Å². The van der Waals surface area contributed by atoms with Gasteiger partial charge in [0.25, 0.3) is 0 Å². The van der Waals surface area contributed by atoms with Gasteiger partial charge >= 0.3 is 0 Å². The van der Waals surface area contributed by atoms with Crippen molar-refractivity contribution in [3.8, 4) is 0 Å². The third-order valence-electron chi connectivity index (χ3n) is 9.75. The second kappa shape index (κ2) is 10.2. The lowest BCUT2D eigenvalue weighted by Gasteiger charge is -2.44. The number of nitrogens with zero attached hydrogens (tertiary/aromatic N) is 2. The molecule has 2 aliphatic heterocycles. The van der Waals surface area contributed by atoms with Crippen molar-refractivity contribution in [2.75, 3.05) is 6.61 Å². The molecule has 0 amide bonds. The molecule has 4 nitrogen and oxygen atoms in total. The van der Waals surface area contributed by atoms with Gasteiger partial charge in [0.1, 0.15) is 0 Å². The highest BCUT2D eigenvalue weighted by molar-refractivity contribution is 5.35. The molecule has 2 heterocycles. The van der Waals surface area contributed by atoms with Crippen molar-refractivity contribution in [3.05, 3.63) is 108 Å². The zero-order valence-electron chi connectivity index (χ0n) is 22.5. The predicted molar refractivity (Wildman–Crippen MR) is 150 cm³/mol. The molecule has 2 aliphatic carbocycles. The highest BCUT2D eigenvalue weighted by Gasteiger charge is 2.81. The van der Waals surface area contributed by atoms with Crippen LogP contribution in [0.4, 0.5) is 0 Å². The smallest absolute Gasteiger partial charge is 0.0720 e. The van der Waals surface area contributed by atoms with Gasteiger partial charge < -0.3 is 9.47 Å². The zero-order chi connectivity index (χ0) is 25.5. The van der Waals surface area contributed by atoms with E-state index in [4.69, 9.17) is 9.47 Å². The first-order valence-electron chi connectivity index (χ1n) is 14.7. The lowest BCUT2D eigenvalue weighted by Crippen LogP contribution is -2.52. The second-order valence-electron chi connectivity index (χ2n) is 11.9. The number of hydrogen-bond donors (Lipinski definition) is 0. The fourth-order valence-electron chi connectivity index (χ4n) is 8.19. The minimum Gasteiger partial charge on any atom is -0.376 e. The highest BCUT2D eigenvalue weighted by atomic mass is 16.5. The molecule has 7 unspecified atom stereocenters. The maximum Gasteiger partial charge on any atom is 0.0720 e. The predicted octanol–water partition coefficient (Wildman–Crippen LogP) is 6.78. The Labute approximate surface area is 227 Å². The van der Waals surface area contributed by atoms with E-state index in [9.17, 15) is 0 Å². The Hall–Kier alpha value is -2.50. The molecule has 0 spiro atoms. The molecule has 198 valence electrons. The summed E-state index contributed by atoms with van der Waals surface area (Å²) in [5.41, 5.74) is 3.95. The highest BCUT2D eigenvalue weighted by Crippen LogP contribution is 2.73. The minimum absolute atomic E-state index is 0.00105. The van der Waals surface area contributed by atoms with E-state index in [2.05, 4.69) is 108 Å². The largest absolute Gasteiger partial charge is 0.376 e. The molecule has 2 saturated carbocycles. The molecule has 3 aromatic carbocycles. The van der Waals surface area contributed by atoms with Gasteiger partial charge in [-0.1, -0.05) is 104 Å². The van der Waals surface area contributed by atoms with E-state index < -0.39 is 0 Å². The molecule has 7 rings (SSSR count). The van der Waals surface area contributed by atoms with Crippen molar-refractivity contribution < 1.29 is 9.47 Å². The number of benzene rings is 3. The molecule has 7 atom stereocenters. The Morgan fingerprint density at radius 3 is 2.05 bits per heavy atom. The van der Waals surface area contributed by atoms with Crippen molar-refractivity contribution in [1.82, 2.24) is 10.0 Å². The van der Waals surface area contributed by atoms with Crippen LogP contribution in [0.1, 0.15) is 61.8 Å². The van der Waals surface area contributed by atoms with Crippen LogP contribution in [0, 0.1) is 11.3 Å². The molecular weight excluding hydrogens is 468 g/mol. The summed E-state index contributed by atoms with van der Waals surface area (Å²) in [6.45, 7) is 4.37. The van der Waals surface area contributed by atoms with Gasteiger partial charge in [0, 0.05) is 29.5 Å². The normalized spacial score (nSPS) is 32.3. The van der Waals surface area contributed by atoms with Crippen LogP contribution in [0.5, 0.6) is 0 Å². The standard InChI is InChI=1S/C34H40N2O2/c1-2-12-30(38-23-26-15-8-4-9-16-26)34(24-37-22-25-13-6-3-7-14-25)31-32(27-17-10-5-11-18-27)35-28-19-20-29(21-28)36(35)33(31)34/h3-11,13-18,28-33H,2,12,19-24H2,1H3. The molecule has 4 heteroatoms. The zero-order valence-corrected chi connectivity index (χ0v) is 22.5. The molecule has 2 bridgehead atoms. The summed E-state index contributed by atoms with van der Waals surface area (Å²) in [6.07, 6.45) is 6.34. The number of ether oxygens (including phenoxy) is 2. The molecule has 0 aromatic heterocycles. The Balaban J connectivity index is 1.23. The summed E-state index contributed by atoms with van der Waals surface area (Å²) < 4.78 is 13.6. The Bertz CT molecular complexity index is 1200. The van der Waals surface area contributed by atoms with Gasteiger partial charge in [-0.2, -0.15) is 0 Å². The second-order valence-corrected chi connectivity index (χ2v) is 11.9. The lowest BCUT2D eigenvalue weighted by atomic mass is 9.87. The summed E-state index contributed by atoms with van der Waals surface area (Å²) >= 11 is 0. The minimum atomic E-state index is 0.00105. The molecule has 4 aliphatic rings. The van der Waals surface area contributed by atoms with E-state index in [1.165, 1.54) is 36.0 Å². The molecule has 4 fully saturated rings. The maximum atomic E-state index is 6.92. The van der Waals surface area contributed by atoms with E-state index in [1.54, 1.807) is 0 Å². The van der Waals surface area contributed by atoms with Crippen LogP contribution in [0.2, 0.25) is 0 Å². The van der Waals surface area contributed by atoms with Gasteiger partial charge in [-0.25, -0.2) is 10.0 Å². The van der Waals surface area contributed by atoms with Gasteiger partial charge in [-0.05, 0) is 42.4 Å². The quantitative estimate of drug-likeness (QED) is 0.285. The Morgan fingerprint density at radius 1 is 0.789 bits per heavy atom. The molecule has 38 heavy (non-hydrogen) atoms. The van der Waals surface area contributed by atoms with Crippen LogP contribution in [-0.2, 0) is 22.7 Å². The summed E-state index contributed by atoms with van der Waals surface area (Å²) in [5, 5.41) is 5.63. The maximum absolute atomic E-state index is 6.92. The average molecular weight is 509 g/mol. The van der Waals surface area contributed by atoms with Crippen LogP contribution in [0.25, 0.3) is 0 Å². The van der Waals surface area contributed by atoms with Crippen LogP contribution >= 0.6 is 0 Å². The van der Waals surface area contributed by atoms with Gasteiger partial charge in [0.05, 0.1) is 32.0 Å². The van der Waals surface area contributed by atoms with Gasteiger partial charge in [0.2, 0.25) is 0 Å². The third kappa shape index (κ3) is 4.05. The summed E-state index contributed by atoms with van der Waals surface area (Å²) in [6, 6.07) is 34.9. The Kier molecular flexibility index (Phi) is 6.61. The van der Waals surface area contributed by atoms with Crippen LogP contribution in [0.3, 0.4) is 0 Å². The fraction of sp³-hybridized carbons (Fsp3) is 0.471. The van der Waals surface area contributed by atoms with E-state index in [1.807, 2.05) is 0 Å². The van der Waals surface area contributed by atoms with Crippen molar-refractivity contribution >= 4 is 0 Å². The SMILES string of the molecule is CCCC(OCc1ccccc1)C1(COCc2ccccc2)C2C(c3ccccc3)N3C4CCC(C4)N3C21. The lowest BCUT2D eigenvalue weighted by molar-refractivity contribution is -0.132. The van der Waals surface area contributed by atoms with Crippen molar-refractivity contribution in [2.24, 2.45) is 11.3 Å². The van der Waals surface area contributed by atoms with E-state index in [0.29, 0.717) is 43.3 Å². The van der Waals surface area contributed by atoms with Crippen molar-refractivity contribution in [1.29, 1.82) is 0 Å². The third-order valence-corrected chi connectivity index (χ3v) is 9.75. The first kappa shape index (κ1) is 24.5. The van der Waals surface area contributed by atoms with Crippen molar-refractivity contribution in [3.63, 3.8) is 0 Å². The van der Waals surface area contributed by atoms with Gasteiger partial charge in [-0.3, -0.25) is 0 Å². The molecular formula is C34H40N2O2. The number of fused-ring (bicyclic) bond motifs is 7. The van der Waals surface area contributed by atoms with Crippen molar-refractivity contribution in [2.45, 2.75) is 82.5 Å². The van der Waals surface area contributed by atoms with Crippen LogP contribution in [0.15, 0.2) is 91.0 Å².